The van der Waals surface area contributed by atoms with Crippen LogP contribution in [0.4, 0.5) is 0 Å². The van der Waals surface area contributed by atoms with E-state index in [-0.39, 0.29) is 0 Å². The van der Waals surface area contributed by atoms with Gasteiger partial charge in [-0.2, -0.15) is 17.9 Å². The molecular formula is C43H20N4OS2+2. The molecule has 0 saturated carbocycles. The van der Waals surface area contributed by atoms with Crippen molar-refractivity contribution in [3.8, 4) is 11.5 Å². The van der Waals surface area contributed by atoms with Gasteiger partial charge in [0.15, 0.2) is 0 Å². The van der Waals surface area contributed by atoms with Gasteiger partial charge in [-0.15, -0.1) is 22.7 Å². The molecule has 0 fully saturated rings. The fourth-order valence-corrected chi connectivity index (χ4v) is 12.6. The number of nitrogens with zero attached hydrogens (tertiary/aromatic N) is 4. The molecular weight excluding hydrogens is 653 g/mol. The van der Waals surface area contributed by atoms with Gasteiger partial charge in [0.25, 0.3) is 11.3 Å². The lowest BCUT2D eigenvalue weighted by Gasteiger charge is -2.30. The van der Waals surface area contributed by atoms with Crippen LogP contribution in [0.5, 0.6) is 11.5 Å². The largest absolute Gasteiger partial charge is 0.456 e. The Balaban J connectivity index is 1.14. The summed E-state index contributed by atoms with van der Waals surface area (Å²) in [4.78, 5) is 0. The van der Waals surface area contributed by atoms with Crippen molar-refractivity contribution in [2.45, 2.75) is 5.66 Å². The van der Waals surface area contributed by atoms with Gasteiger partial charge in [0.1, 0.15) is 58.4 Å². The molecule has 228 valence electrons. The predicted octanol–water partition coefficient (Wildman–Crippen LogP) is 10.1. The topological polar surface area (TPSA) is 25.8 Å². The molecule has 3 aliphatic heterocycles. The van der Waals surface area contributed by atoms with Crippen molar-refractivity contribution in [2.24, 2.45) is 0 Å². The zero-order valence-corrected chi connectivity index (χ0v) is 27.7. The maximum atomic E-state index is 6.96. The van der Waals surface area contributed by atoms with Crippen LogP contribution in [0.1, 0.15) is 11.1 Å². The van der Waals surface area contributed by atoms with Crippen LogP contribution < -0.4 is 13.9 Å². The highest BCUT2D eigenvalue weighted by Crippen LogP contribution is 2.58. The Kier molecular flexibility index (Phi) is 3.59. The minimum atomic E-state index is -0.598. The van der Waals surface area contributed by atoms with Gasteiger partial charge in [-0.25, -0.2) is 0 Å². The molecule has 12 aromatic rings. The van der Waals surface area contributed by atoms with Crippen LogP contribution in [0.25, 0.3) is 95.0 Å². The molecule has 15 rings (SSSR count). The Labute approximate surface area is 289 Å². The number of ether oxygens (including phenoxy) is 1. The molecule has 50 heavy (non-hydrogen) atoms. The average Bonchev–Trinajstić information content (AvgIpc) is 3.99. The van der Waals surface area contributed by atoms with Gasteiger partial charge in [0, 0.05) is 74.0 Å². The van der Waals surface area contributed by atoms with Gasteiger partial charge in [-0.3, -0.25) is 0 Å². The second-order valence-electron chi connectivity index (χ2n) is 14.1. The van der Waals surface area contributed by atoms with E-state index in [4.69, 9.17) is 4.74 Å². The normalized spacial score (nSPS) is 15.1. The van der Waals surface area contributed by atoms with Crippen molar-refractivity contribution in [1.29, 1.82) is 0 Å². The number of fused-ring (bicyclic) bond motifs is 12. The minimum absolute atomic E-state index is 0.598. The second-order valence-corrected chi connectivity index (χ2v) is 16.3. The van der Waals surface area contributed by atoms with Crippen molar-refractivity contribution >= 4 is 118 Å². The van der Waals surface area contributed by atoms with Crippen LogP contribution in [-0.4, -0.2) is 8.80 Å². The Morgan fingerprint density at radius 1 is 0.480 bits per heavy atom. The zero-order valence-electron chi connectivity index (χ0n) is 26.1. The molecule has 0 radical (unpaired) electrons. The highest BCUT2D eigenvalue weighted by Gasteiger charge is 2.65. The Hall–Kier alpha value is -6.02. The maximum absolute atomic E-state index is 6.96. The summed E-state index contributed by atoms with van der Waals surface area (Å²) in [6.07, 6.45) is 9.18. The monoisotopic (exact) mass is 672 g/mol. The van der Waals surface area contributed by atoms with Gasteiger partial charge in [0.2, 0.25) is 0 Å². The number of hydrogen-bond acceptors (Lipinski definition) is 3. The predicted molar refractivity (Wildman–Crippen MR) is 203 cm³/mol. The maximum Gasteiger partial charge on any atom is 0.315 e. The fourth-order valence-electron chi connectivity index (χ4n) is 10.3. The summed E-state index contributed by atoms with van der Waals surface area (Å²) in [5.74, 6) is 1.88. The van der Waals surface area contributed by atoms with Gasteiger partial charge < -0.3 is 4.74 Å². The minimum Gasteiger partial charge on any atom is -0.456 e. The summed E-state index contributed by atoms with van der Waals surface area (Å²) in [7, 11) is 0. The summed E-state index contributed by atoms with van der Waals surface area (Å²) in [6.45, 7) is 0. The van der Waals surface area contributed by atoms with Crippen LogP contribution in [0.15, 0.2) is 122 Å². The quantitative estimate of drug-likeness (QED) is 0.116. The third kappa shape index (κ3) is 2.28. The molecule has 6 aromatic carbocycles. The lowest BCUT2D eigenvalue weighted by Crippen LogP contribution is -2.71. The molecule has 5 nitrogen and oxygen atoms in total. The van der Waals surface area contributed by atoms with Gasteiger partial charge in [-0.05, 0) is 48.5 Å². The first-order valence-corrected chi connectivity index (χ1v) is 18.6. The van der Waals surface area contributed by atoms with Crippen molar-refractivity contribution in [3.05, 3.63) is 133 Å². The van der Waals surface area contributed by atoms with Gasteiger partial charge >= 0.3 is 5.66 Å². The molecule has 0 bridgehead atoms. The second kappa shape index (κ2) is 7.43. The first kappa shape index (κ1) is 24.2. The molecule has 1 spiro atoms. The number of aromatic nitrogens is 4. The first-order valence-electron chi connectivity index (χ1n) is 17.0. The molecule has 3 aliphatic rings. The Bertz CT molecular complexity index is 3470. The summed E-state index contributed by atoms with van der Waals surface area (Å²) in [5.41, 5.74) is 6.79. The van der Waals surface area contributed by atoms with E-state index in [0.29, 0.717) is 0 Å². The molecule has 0 N–H and O–H groups in total. The number of hydrogen-bond donors (Lipinski definition) is 0. The third-order valence-corrected chi connectivity index (χ3v) is 14.4. The summed E-state index contributed by atoms with van der Waals surface area (Å²) < 4.78 is 22.2. The number of pyridine rings is 2. The first-order chi connectivity index (χ1) is 24.8. The number of rotatable bonds is 0. The lowest BCUT2D eigenvalue weighted by atomic mass is 9.85. The van der Waals surface area contributed by atoms with Crippen LogP contribution in [0.3, 0.4) is 0 Å². The van der Waals surface area contributed by atoms with E-state index in [1.807, 2.05) is 22.7 Å². The molecule has 7 heteroatoms. The Morgan fingerprint density at radius 3 is 1.50 bits per heavy atom. The fraction of sp³-hybridized carbons (Fsp3) is 0.0233. The number of thiophene rings is 2. The molecule has 9 heterocycles. The van der Waals surface area contributed by atoms with E-state index in [2.05, 4.69) is 140 Å². The molecule has 0 unspecified atom stereocenters. The highest BCUT2D eigenvalue weighted by atomic mass is 32.1. The van der Waals surface area contributed by atoms with E-state index in [1.165, 1.54) is 106 Å². The molecule has 0 saturated heterocycles. The Morgan fingerprint density at radius 2 is 0.980 bits per heavy atom. The van der Waals surface area contributed by atoms with Crippen LogP contribution >= 0.6 is 22.7 Å². The van der Waals surface area contributed by atoms with E-state index >= 15 is 0 Å². The van der Waals surface area contributed by atoms with Crippen molar-refractivity contribution in [3.63, 3.8) is 0 Å². The molecule has 0 amide bonds. The van der Waals surface area contributed by atoms with Gasteiger partial charge in [-0.1, -0.05) is 36.4 Å². The SMILES string of the molecule is c1ccc2c(c1)sc1cc3c(cc12)c1ccc2c4c1c1n3cc[n+]1C41c3c(ccc4c5cc6c(cc5n5cc[n+]1c5c34)sc1ccccc16)O2. The lowest BCUT2D eigenvalue weighted by molar-refractivity contribution is -0.944. The zero-order chi connectivity index (χ0) is 31.8. The number of imidazole rings is 2. The third-order valence-electron chi connectivity index (χ3n) is 12.1. The van der Waals surface area contributed by atoms with Crippen LogP contribution in [0, 0.1) is 0 Å². The van der Waals surface area contributed by atoms with E-state index in [1.54, 1.807) is 0 Å². The summed E-state index contributed by atoms with van der Waals surface area (Å²) in [6, 6.07) is 36.3. The van der Waals surface area contributed by atoms with Crippen molar-refractivity contribution < 1.29 is 13.9 Å². The summed E-state index contributed by atoms with van der Waals surface area (Å²) in [5, 5.41) is 12.9. The van der Waals surface area contributed by atoms with E-state index in [9.17, 15) is 0 Å². The molecule has 0 aliphatic carbocycles. The smallest absolute Gasteiger partial charge is 0.315 e. The van der Waals surface area contributed by atoms with Gasteiger partial charge in [0.05, 0.1) is 10.8 Å². The van der Waals surface area contributed by atoms with Crippen LogP contribution in [0.2, 0.25) is 0 Å². The molecule has 6 aromatic heterocycles. The van der Waals surface area contributed by atoms with Crippen LogP contribution in [-0.2, 0) is 5.66 Å². The molecule has 0 atom stereocenters. The average molecular weight is 673 g/mol. The van der Waals surface area contributed by atoms with Crippen molar-refractivity contribution in [2.75, 3.05) is 0 Å². The highest BCUT2D eigenvalue weighted by molar-refractivity contribution is 7.26. The number of benzene rings is 6. The van der Waals surface area contributed by atoms with Crippen molar-refractivity contribution in [1.82, 2.24) is 8.80 Å². The van der Waals surface area contributed by atoms with E-state index in [0.717, 1.165) is 11.5 Å². The standard InChI is InChI=1S/C43H20N4OS2/c1-3-7-33-21(5-1)27-17-25-23-9-11-31-39-37(23)41-44(29(25)19-35(27)49-33)13-15-46(41)43(39)40-32(48-31)12-10-24-26-18-28-22-6-2-4-8-34(22)50-36(28)20-30(26)45-14-16-47(43)42(45)38(24)40/h1-20H/q+2. The summed E-state index contributed by atoms with van der Waals surface area (Å²) >= 11 is 3.76. The van der Waals surface area contributed by atoms with E-state index < -0.39 is 5.66 Å².